The number of hydrogen-bond donors (Lipinski definition) is 0. The van der Waals surface area contributed by atoms with Gasteiger partial charge >= 0.3 is 0 Å². The Morgan fingerprint density at radius 1 is 0.816 bits per heavy atom. The molecule has 2 amide bonds. The highest BCUT2D eigenvalue weighted by Gasteiger charge is 2.22. The highest BCUT2D eigenvalue weighted by molar-refractivity contribution is 5.92. The lowest BCUT2D eigenvalue weighted by molar-refractivity contribution is -0.133. The van der Waals surface area contributed by atoms with Gasteiger partial charge in [0.2, 0.25) is 11.8 Å². The van der Waals surface area contributed by atoms with Crippen molar-refractivity contribution >= 4 is 28.5 Å². The molecule has 9 heteroatoms. The molecule has 2 aromatic carbocycles. The third-order valence-electron chi connectivity index (χ3n) is 6.85. The summed E-state index contributed by atoms with van der Waals surface area (Å²) in [6.45, 7) is 5.67. The first-order valence-electron chi connectivity index (χ1n) is 13.1. The molecule has 0 fully saturated rings. The van der Waals surface area contributed by atoms with Gasteiger partial charge in [-0.1, -0.05) is 36.4 Å². The SMILES string of the molecule is CC(=O)N1CCCN(Cc2ccccn2)CCCN(C(=O)Cn2nc3ccccc3n2)Cc2ccccc21. The van der Waals surface area contributed by atoms with Crippen LogP contribution in [0.1, 0.15) is 31.0 Å². The highest BCUT2D eigenvalue weighted by atomic mass is 16.2. The first kappa shape index (κ1) is 25.5. The summed E-state index contributed by atoms with van der Waals surface area (Å²) >= 11 is 0. The molecule has 38 heavy (non-hydrogen) atoms. The van der Waals surface area contributed by atoms with Gasteiger partial charge in [-0.15, -0.1) is 0 Å². The van der Waals surface area contributed by atoms with E-state index in [4.69, 9.17) is 0 Å². The Kier molecular flexibility index (Phi) is 8.04. The summed E-state index contributed by atoms with van der Waals surface area (Å²) in [5, 5.41) is 8.96. The molecule has 1 aliphatic heterocycles. The van der Waals surface area contributed by atoms with Crippen LogP contribution in [0.3, 0.4) is 0 Å². The van der Waals surface area contributed by atoms with Crippen LogP contribution in [-0.4, -0.2) is 67.8 Å². The maximum absolute atomic E-state index is 13.6. The molecule has 0 atom stereocenters. The van der Waals surface area contributed by atoms with Crippen molar-refractivity contribution in [3.63, 3.8) is 0 Å². The lowest BCUT2D eigenvalue weighted by atomic mass is 10.1. The van der Waals surface area contributed by atoms with Crippen molar-refractivity contribution in [3.8, 4) is 0 Å². The summed E-state index contributed by atoms with van der Waals surface area (Å²) in [6.07, 6.45) is 3.49. The lowest BCUT2D eigenvalue weighted by Gasteiger charge is -2.31. The number of anilines is 1. The number of carbonyl (C=O) groups is 2. The molecule has 3 heterocycles. The second-order valence-corrected chi connectivity index (χ2v) is 9.64. The largest absolute Gasteiger partial charge is 0.337 e. The Labute approximate surface area is 222 Å². The van der Waals surface area contributed by atoms with Crippen molar-refractivity contribution in [2.75, 3.05) is 31.1 Å². The molecule has 0 saturated heterocycles. The quantitative estimate of drug-likeness (QED) is 0.417. The molecule has 5 rings (SSSR count). The number of amides is 2. The van der Waals surface area contributed by atoms with E-state index in [2.05, 4.69) is 20.1 Å². The molecule has 0 bridgehead atoms. The lowest BCUT2D eigenvalue weighted by Crippen LogP contribution is -2.39. The average molecular weight is 512 g/mol. The molecule has 0 unspecified atom stereocenters. The fourth-order valence-electron chi connectivity index (χ4n) is 4.98. The number of pyridine rings is 1. The molecule has 9 nitrogen and oxygen atoms in total. The number of aromatic nitrogens is 4. The van der Waals surface area contributed by atoms with Crippen LogP contribution in [0.2, 0.25) is 0 Å². The van der Waals surface area contributed by atoms with Crippen LogP contribution in [-0.2, 0) is 29.2 Å². The van der Waals surface area contributed by atoms with Gasteiger partial charge in [0.1, 0.15) is 17.6 Å². The Balaban J connectivity index is 1.40. The van der Waals surface area contributed by atoms with Crippen LogP contribution in [0.25, 0.3) is 11.0 Å². The van der Waals surface area contributed by atoms with Gasteiger partial charge in [0.15, 0.2) is 0 Å². The Hall–Kier alpha value is -4.11. The summed E-state index contributed by atoms with van der Waals surface area (Å²) in [4.78, 5) is 38.3. The van der Waals surface area contributed by atoms with Gasteiger partial charge in [-0.25, -0.2) is 0 Å². The van der Waals surface area contributed by atoms with Gasteiger partial charge in [-0.2, -0.15) is 15.0 Å². The molecule has 0 radical (unpaired) electrons. The molecular weight excluding hydrogens is 478 g/mol. The normalized spacial score (nSPS) is 15.5. The standard InChI is InChI=1S/C29H33N7O2/c1-23(37)35-19-9-17-33(21-25-11-6-7-15-30-25)16-8-18-34(20-24-10-2-5-14-28(24)35)29(38)22-36-31-26-12-3-4-13-27(26)32-36/h2-7,10-15H,8-9,16-22H2,1H3. The molecule has 0 N–H and O–H groups in total. The van der Waals surface area contributed by atoms with Crippen LogP contribution >= 0.6 is 0 Å². The second-order valence-electron chi connectivity index (χ2n) is 9.64. The average Bonchev–Trinajstić information content (AvgIpc) is 3.32. The Morgan fingerprint density at radius 3 is 2.21 bits per heavy atom. The minimum atomic E-state index is -0.0529. The van der Waals surface area contributed by atoms with Crippen molar-refractivity contribution in [3.05, 3.63) is 84.2 Å². The van der Waals surface area contributed by atoms with Gasteiger partial charge in [0, 0.05) is 58.1 Å². The van der Waals surface area contributed by atoms with Crippen LogP contribution in [0.5, 0.6) is 0 Å². The molecular formula is C29H33N7O2. The predicted octanol–water partition coefficient (Wildman–Crippen LogP) is 3.50. The molecule has 4 aromatic rings. The number of para-hydroxylation sites is 1. The van der Waals surface area contributed by atoms with E-state index in [1.54, 1.807) is 6.92 Å². The van der Waals surface area contributed by atoms with Crippen molar-refractivity contribution in [2.24, 2.45) is 0 Å². The van der Waals surface area contributed by atoms with Gasteiger partial charge in [-0.3, -0.25) is 19.5 Å². The van der Waals surface area contributed by atoms with E-state index in [9.17, 15) is 9.59 Å². The third kappa shape index (κ3) is 6.23. The maximum atomic E-state index is 13.6. The third-order valence-corrected chi connectivity index (χ3v) is 6.85. The zero-order valence-corrected chi connectivity index (χ0v) is 21.7. The minimum absolute atomic E-state index is 0.00362. The number of benzene rings is 2. The van der Waals surface area contributed by atoms with Crippen LogP contribution in [0.4, 0.5) is 5.69 Å². The molecule has 0 saturated carbocycles. The van der Waals surface area contributed by atoms with Crippen molar-refractivity contribution in [1.82, 2.24) is 29.8 Å². The van der Waals surface area contributed by atoms with Gasteiger partial charge in [0.05, 0.1) is 5.69 Å². The molecule has 196 valence electrons. The van der Waals surface area contributed by atoms with Gasteiger partial charge in [0.25, 0.3) is 0 Å². The van der Waals surface area contributed by atoms with E-state index >= 15 is 0 Å². The van der Waals surface area contributed by atoms with E-state index < -0.39 is 0 Å². The number of fused-ring (bicyclic) bond motifs is 2. The molecule has 0 aliphatic carbocycles. The summed E-state index contributed by atoms with van der Waals surface area (Å²) in [6, 6.07) is 21.4. The Morgan fingerprint density at radius 2 is 1.50 bits per heavy atom. The predicted molar refractivity (Wildman–Crippen MR) is 146 cm³/mol. The topological polar surface area (TPSA) is 87.5 Å². The maximum Gasteiger partial charge on any atom is 0.246 e. The van der Waals surface area contributed by atoms with E-state index in [0.717, 1.165) is 60.5 Å². The van der Waals surface area contributed by atoms with E-state index in [0.29, 0.717) is 19.6 Å². The zero-order chi connectivity index (χ0) is 26.3. The monoisotopic (exact) mass is 511 g/mol. The first-order chi connectivity index (χ1) is 18.6. The van der Waals surface area contributed by atoms with Gasteiger partial charge in [-0.05, 0) is 48.7 Å². The van der Waals surface area contributed by atoms with E-state index in [-0.39, 0.29) is 18.4 Å². The zero-order valence-electron chi connectivity index (χ0n) is 21.7. The van der Waals surface area contributed by atoms with Crippen LogP contribution in [0, 0.1) is 0 Å². The highest BCUT2D eigenvalue weighted by Crippen LogP contribution is 2.24. The van der Waals surface area contributed by atoms with E-state index in [1.165, 1.54) is 4.80 Å². The summed E-state index contributed by atoms with van der Waals surface area (Å²) in [5.41, 5.74) is 4.36. The summed E-state index contributed by atoms with van der Waals surface area (Å²) in [5.74, 6) is -0.0566. The minimum Gasteiger partial charge on any atom is -0.337 e. The number of nitrogens with zero attached hydrogens (tertiary/aromatic N) is 7. The van der Waals surface area contributed by atoms with Crippen molar-refractivity contribution < 1.29 is 9.59 Å². The van der Waals surface area contributed by atoms with Crippen LogP contribution in [0.15, 0.2) is 72.9 Å². The second kappa shape index (κ2) is 12.0. The summed E-state index contributed by atoms with van der Waals surface area (Å²) in [7, 11) is 0. The van der Waals surface area contributed by atoms with Crippen LogP contribution < -0.4 is 4.90 Å². The van der Waals surface area contributed by atoms with E-state index in [1.807, 2.05) is 82.7 Å². The van der Waals surface area contributed by atoms with Crippen molar-refractivity contribution in [1.29, 1.82) is 0 Å². The number of hydrogen-bond acceptors (Lipinski definition) is 6. The summed E-state index contributed by atoms with van der Waals surface area (Å²) < 4.78 is 0. The molecule has 2 aromatic heterocycles. The molecule has 0 spiro atoms. The fraction of sp³-hybridized carbons (Fsp3) is 0.345. The first-order valence-corrected chi connectivity index (χ1v) is 13.1. The Bertz CT molecular complexity index is 1350. The fourth-order valence-corrected chi connectivity index (χ4v) is 4.98. The van der Waals surface area contributed by atoms with Crippen molar-refractivity contribution in [2.45, 2.75) is 39.4 Å². The van der Waals surface area contributed by atoms with Gasteiger partial charge < -0.3 is 9.80 Å². The number of rotatable bonds is 4. The smallest absolute Gasteiger partial charge is 0.246 e. The molecule has 1 aliphatic rings. The number of carbonyl (C=O) groups excluding carboxylic acids is 2.